The molecule has 0 aliphatic carbocycles. The first-order valence-electron chi connectivity index (χ1n) is 9.20. The molecule has 0 bridgehead atoms. The molecule has 1 amide bonds. The van der Waals surface area contributed by atoms with Crippen LogP contribution in [0, 0.1) is 0 Å². The van der Waals surface area contributed by atoms with Crippen LogP contribution in [0.3, 0.4) is 0 Å². The maximum absolute atomic E-state index is 13.7. The molecule has 2 aliphatic rings. The second-order valence-electron chi connectivity index (χ2n) is 7.11. The van der Waals surface area contributed by atoms with E-state index < -0.39 is 18.3 Å². The van der Waals surface area contributed by atoms with Crippen LogP contribution in [-0.4, -0.2) is 39.9 Å². The molecule has 27 heavy (non-hydrogen) atoms. The van der Waals surface area contributed by atoms with Gasteiger partial charge in [-0.1, -0.05) is 30.3 Å². The van der Waals surface area contributed by atoms with E-state index in [2.05, 4.69) is 10.4 Å². The van der Waals surface area contributed by atoms with Crippen LogP contribution < -0.4 is 5.32 Å². The van der Waals surface area contributed by atoms with E-state index in [-0.39, 0.29) is 23.7 Å². The molecule has 1 saturated heterocycles. The van der Waals surface area contributed by atoms with Gasteiger partial charge >= 0.3 is 6.18 Å². The predicted octanol–water partition coefficient (Wildman–Crippen LogP) is 4.17. The molecule has 4 rings (SSSR count). The van der Waals surface area contributed by atoms with E-state index in [1.807, 2.05) is 6.07 Å². The summed E-state index contributed by atoms with van der Waals surface area (Å²) in [5.74, 6) is -0.0916. The molecule has 2 atom stereocenters. The van der Waals surface area contributed by atoms with Gasteiger partial charge in [0.1, 0.15) is 11.4 Å². The SMILES string of the molecule is O=C(c1cnn2c1NC(c1ccccc1)CC2C(F)(F)F)N1CCCCC1. The summed E-state index contributed by atoms with van der Waals surface area (Å²) in [6.45, 7) is 1.27. The van der Waals surface area contributed by atoms with Gasteiger partial charge in [0.25, 0.3) is 5.91 Å². The van der Waals surface area contributed by atoms with Crippen molar-refractivity contribution >= 4 is 11.7 Å². The van der Waals surface area contributed by atoms with E-state index in [1.165, 1.54) is 6.20 Å². The monoisotopic (exact) mass is 378 g/mol. The lowest BCUT2D eigenvalue weighted by Gasteiger charge is -2.34. The number of benzene rings is 1. The lowest BCUT2D eigenvalue weighted by atomic mass is 9.96. The van der Waals surface area contributed by atoms with E-state index in [4.69, 9.17) is 0 Å². The maximum Gasteiger partial charge on any atom is 0.410 e. The van der Waals surface area contributed by atoms with Gasteiger partial charge < -0.3 is 10.2 Å². The molecular weight excluding hydrogens is 357 g/mol. The molecular formula is C19H21F3N4O. The van der Waals surface area contributed by atoms with E-state index in [1.54, 1.807) is 29.2 Å². The standard InChI is InChI=1S/C19H21F3N4O/c20-19(21,22)16-11-15(13-7-3-1-4-8-13)24-17-14(12-23-26(16)17)18(27)25-9-5-2-6-10-25/h1,3-4,7-8,12,15-16,24H,2,5-6,9-11H2. The van der Waals surface area contributed by atoms with Crippen molar-refractivity contribution in [3.63, 3.8) is 0 Å². The molecule has 1 fully saturated rings. The number of rotatable bonds is 2. The number of hydrogen-bond acceptors (Lipinski definition) is 3. The zero-order valence-corrected chi connectivity index (χ0v) is 14.7. The van der Waals surface area contributed by atoms with Crippen LogP contribution in [0.1, 0.15) is 53.7 Å². The van der Waals surface area contributed by atoms with Gasteiger partial charge in [0.05, 0.1) is 12.2 Å². The highest BCUT2D eigenvalue weighted by molar-refractivity contribution is 5.99. The fraction of sp³-hybridized carbons (Fsp3) is 0.474. The van der Waals surface area contributed by atoms with Crippen molar-refractivity contribution in [1.82, 2.24) is 14.7 Å². The van der Waals surface area contributed by atoms with Gasteiger partial charge in [-0.05, 0) is 24.8 Å². The zero-order valence-electron chi connectivity index (χ0n) is 14.7. The number of piperidine rings is 1. The first-order valence-corrected chi connectivity index (χ1v) is 9.20. The van der Waals surface area contributed by atoms with Gasteiger partial charge in [-0.3, -0.25) is 4.79 Å². The minimum absolute atomic E-state index is 0.160. The van der Waals surface area contributed by atoms with Gasteiger partial charge in [0.15, 0.2) is 6.04 Å². The summed E-state index contributed by atoms with van der Waals surface area (Å²) in [4.78, 5) is 14.6. The molecule has 1 N–H and O–H groups in total. The van der Waals surface area contributed by atoms with Crippen molar-refractivity contribution in [2.24, 2.45) is 0 Å². The Kier molecular flexibility index (Phi) is 4.57. The van der Waals surface area contributed by atoms with Crippen LogP contribution >= 0.6 is 0 Å². The predicted molar refractivity (Wildman–Crippen MR) is 94.5 cm³/mol. The van der Waals surface area contributed by atoms with Crippen molar-refractivity contribution in [3.05, 3.63) is 47.7 Å². The number of amides is 1. The number of hydrogen-bond donors (Lipinski definition) is 1. The number of anilines is 1. The number of likely N-dealkylation sites (tertiary alicyclic amines) is 1. The smallest absolute Gasteiger partial charge is 0.363 e. The van der Waals surface area contributed by atoms with Gasteiger partial charge in [-0.2, -0.15) is 18.3 Å². The molecule has 1 aromatic carbocycles. The van der Waals surface area contributed by atoms with Crippen molar-refractivity contribution in [2.75, 3.05) is 18.4 Å². The minimum atomic E-state index is -4.44. The van der Waals surface area contributed by atoms with Crippen LogP contribution in [0.25, 0.3) is 0 Å². The van der Waals surface area contributed by atoms with Crippen molar-refractivity contribution < 1.29 is 18.0 Å². The van der Waals surface area contributed by atoms with Crippen LogP contribution in [0.2, 0.25) is 0 Å². The van der Waals surface area contributed by atoms with Gasteiger partial charge in [-0.15, -0.1) is 0 Å². The van der Waals surface area contributed by atoms with E-state index in [9.17, 15) is 18.0 Å². The van der Waals surface area contributed by atoms with E-state index >= 15 is 0 Å². The molecule has 3 heterocycles. The minimum Gasteiger partial charge on any atom is -0.363 e. The molecule has 8 heteroatoms. The molecule has 5 nitrogen and oxygen atoms in total. The average molecular weight is 378 g/mol. The molecule has 0 radical (unpaired) electrons. The Hall–Kier alpha value is -2.51. The fourth-order valence-corrected chi connectivity index (χ4v) is 3.89. The summed E-state index contributed by atoms with van der Waals surface area (Å²) in [6.07, 6.45) is -0.437. The normalized spacial score (nSPS) is 22.9. The number of carbonyl (C=O) groups is 1. The Bertz CT molecular complexity index is 812. The number of aromatic nitrogens is 2. The van der Waals surface area contributed by atoms with Gasteiger partial charge in [0.2, 0.25) is 0 Å². The summed E-state index contributed by atoms with van der Waals surface area (Å²) in [5, 5.41) is 7.07. The Balaban J connectivity index is 1.71. The number of nitrogens with zero attached hydrogens (tertiary/aromatic N) is 3. The number of alkyl halides is 3. The topological polar surface area (TPSA) is 50.2 Å². The highest BCUT2D eigenvalue weighted by Gasteiger charge is 2.47. The number of halogens is 3. The van der Waals surface area contributed by atoms with Crippen LogP contribution in [0.5, 0.6) is 0 Å². The molecule has 144 valence electrons. The Labute approximate surface area is 155 Å². The molecule has 1 aromatic heterocycles. The Morgan fingerprint density at radius 1 is 1.11 bits per heavy atom. The van der Waals surface area contributed by atoms with E-state index in [0.717, 1.165) is 29.5 Å². The Morgan fingerprint density at radius 3 is 2.48 bits per heavy atom. The third-order valence-electron chi connectivity index (χ3n) is 5.31. The second-order valence-corrected chi connectivity index (χ2v) is 7.11. The number of carbonyl (C=O) groups excluding carboxylic acids is 1. The summed E-state index contributed by atoms with van der Waals surface area (Å²) in [5.41, 5.74) is 0.974. The quantitative estimate of drug-likeness (QED) is 0.853. The third kappa shape index (κ3) is 3.40. The highest BCUT2D eigenvalue weighted by atomic mass is 19.4. The molecule has 2 aromatic rings. The van der Waals surface area contributed by atoms with Crippen molar-refractivity contribution in [1.29, 1.82) is 0 Å². The zero-order chi connectivity index (χ0) is 19.0. The van der Waals surface area contributed by atoms with E-state index in [0.29, 0.717) is 13.1 Å². The first kappa shape index (κ1) is 17.9. The van der Waals surface area contributed by atoms with Crippen molar-refractivity contribution in [3.8, 4) is 0 Å². The van der Waals surface area contributed by atoms with Gasteiger partial charge in [-0.25, -0.2) is 4.68 Å². The molecule has 0 spiro atoms. The summed E-state index contributed by atoms with van der Waals surface area (Å²) in [7, 11) is 0. The van der Waals surface area contributed by atoms with Gasteiger partial charge in [0, 0.05) is 19.5 Å². The number of fused-ring (bicyclic) bond motifs is 1. The van der Waals surface area contributed by atoms with Crippen molar-refractivity contribution in [2.45, 2.75) is 43.9 Å². The Morgan fingerprint density at radius 2 is 1.81 bits per heavy atom. The maximum atomic E-state index is 13.7. The first-order chi connectivity index (χ1) is 12.9. The highest BCUT2D eigenvalue weighted by Crippen LogP contribution is 2.44. The fourth-order valence-electron chi connectivity index (χ4n) is 3.89. The van der Waals surface area contributed by atoms with Crippen LogP contribution in [0.4, 0.5) is 19.0 Å². The molecule has 0 saturated carbocycles. The lowest BCUT2D eigenvalue weighted by Crippen LogP contribution is -2.38. The summed E-state index contributed by atoms with van der Waals surface area (Å²) >= 11 is 0. The largest absolute Gasteiger partial charge is 0.410 e. The molecule has 2 unspecified atom stereocenters. The van der Waals surface area contributed by atoms with Crippen LogP contribution in [0.15, 0.2) is 36.5 Å². The third-order valence-corrected chi connectivity index (χ3v) is 5.31. The number of nitrogens with one attached hydrogen (secondary N) is 1. The van der Waals surface area contributed by atoms with Crippen LogP contribution in [-0.2, 0) is 0 Å². The summed E-state index contributed by atoms with van der Waals surface area (Å²) < 4.78 is 42.0. The summed E-state index contributed by atoms with van der Waals surface area (Å²) in [6, 6.07) is 6.71. The average Bonchev–Trinajstić information content (AvgIpc) is 3.11. The lowest BCUT2D eigenvalue weighted by molar-refractivity contribution is -0.173. The second kappa shape index (κ2) is 6.90. The molecule has 2 aliphatic heterocycles.